The normalized spacial score (nSPS) is 17.9. The molecule has 0 saturated heterocycles. The highest BCUT2D eigenvalue weighted by molar-refractivity contribution is 14.0. The molecule has 0 radical (unpaired) electrons. The summed E-state index contributed by atoms with van der Waals surface area (Å²) in [5, 5.41) is 6.99. The van der Waals surface area contributed by atoms with Gasteiger partial charge < -0.3 is 19.9 Å². The van der Waals surface area contributed by atoms with Crippen molar-refractivity contribution in [1.29, 1.82) is 0 Å². The van der Waals surface area contributed by atoms with E-state index in [4.69, 9.17) is 9.73 Å². The van der Waals surface area contributed by atoms with Gasteiger partial charge in [-0.3, -0.25) is 0 Å². The monoisotopic (exact) mass is 511 g/mol. The molecule has 160 valence electrons. The Bertz CT molecular complexity index is 815. The number of imidazole rings is 1. The van der Waals surface area contributed by atoms with Crippen LogP contribution >= 0.6 is 24.0 Å². The first-order valence-electron chi connectivity index (χ1n) is 10.2. The van der Waals surface area contributed by atoms with E-state index in [-0.39, 0.29) is 35.6 Å². The number of rotatable bonds is 6. The van der Waals surface area contributed by atoms with Gasteiger partial charge in [0.05, 0.1) is 6.04 Å². The molecule has 29 heavy (non-hydrogen) atoms. The third-order valence-electron chi connectivity index (χ3n) is 4.77. The quantitative estimate of drug-likeness (QED) is 0.340. The number of hydrogen-bond acceptors (Lipinski definition) is 3. The summed E-state index contributed by atoms with van der Waals surface area (Å²) in [5.41, 5.74) is 0.949. The zero-order valence-corrected chi connectivity index (χ0v) is 20.4. The highest BCUT2D eigenvalue weighted by atomic mass is 127. The molecule has 1 unspecified atom stereocenters. The topological polar surface area (TPSA) is 63.5 Å². The van der Waals surface area contributed by atoms with E-state index in [0.29, 0.717) is 12.5 Å². The Labute approximate surface area is 191 Å². The van der Waals surface area contributed by atoms with Crippen LogP contribution < -0.4 is 15.4 Å². The highest BCUT2D eigenvalue weighted by Gasteiger charge is 2.33. The molecule has 0 bridgehead atoms. The van der Waals surface area contributed by atoms with E-state index in [1.54, 1.807) is 0 Å². The summed E-state index contributed by atoms with van der Waals surface area (Å²) in [6.07, 6.45) is 4.75. The van der Waals surface area contributed by atoms with Crippen LogP contribution in [0.25, 0.3) is 0 Å². The number of para-hydroxylation sites is 1. The predicted octanol–water partition coefficient (Wildman–Crippen LogP) is 4.51. The van der Waals surface area contributed by atoms with Crippen molar-refractivity contribution in [1.82, 2.24) is 20.2 Å². The molecule has 0 aliphatic carbocycles. The molecule has 1 aromatic heterocycles. The number of ether oxygens (including phenoxy) is 1. The van der Waals surface area contributed by atoms with Crippen LogP contribution in [0.1, 0.15) is 58.5 Å². The summed E-state index contributed by atoms with van der Waals surface area (Å²) in [6.45, 7) is 13.1. The first kappa shape index (κ1) is 23.5. The van der Waals surface area contributed by atoms with Crippen LogP contribution in [0.5, 0.6) is 5.75 Å². The maximum atomic E-state index is 6.15. The first-order chi connectivity index (χ1) is 13.4. The van der Waals surface area contributed by atoms with Crippen molar-refractivity contribution in [2.75, 3.05) is 6.54 Å². The van der Waals surface area contributed by atoms with Gasteiger partial charge in [-0.05, 0) is 32.8 Å². The summed E-state index contributed by atoms with van der Waals surface area (Å²) in [6, 6.07) is 8.39. The van der Waals surface area contributed by atoms with Crippen molar-refractivity contribution >= 4 is 29.9 Å². The van der Waals surface area contributed by atoms with E-state index in [2.05, 4.69) is 66.9 Å². The second-order valence-electron chi connectivity index (χ2n) is 8.39. The standard InChI is InChI=1S/C22H33N5O.HI/c1-6-23-21(25-14-20-24-11-12-27(20)15-16(2)3)26-18-13-22(4,5)28-19-10-8-7-9-17(18)19;/h7-12,16,18H,6,13-15H2,1-5H3,(H2,23,25,26);1H. The zero-order valence-electron chi connectivity index (χ0n) is 18.1. The second-order valence-corrected chi connectivity index (χ2v) is 8.39. The summed E-state index contributed by atoms with van der Waals surface area (Å²) in [7, 11) is 0. The van der Waals surface area contributed by atoms with Crippen LogP contribution in [0.4, 0.5) is 0 Å². The van der Waals surface area contributed by atoms with Crippen LogP contribution in [0.3, 0.4) is 0 Å². The van der Waals surface area contributed by atoms with E-state index in [0.717, 1.165) is 37.0 Å². The predicted molar refractivity (Wildman–Crippen MR) is 129 cm³/mol. The number of fused-ring (bicyclic) bond motifs is 1. The van der Waals surface area contributed by atoms with E-state index in [1.807, 2.05) is 24.5 Å². The van der Waals surface area contributed by atoms with Gasteiger partial charge in [0.2, 0.25) is 0 Å². The van der Waals surface area contributed by atoms with E-state index in [1.165, 1.54) is 5.56 Å². The fraction of sp³-hybridized carbons (Fsp3) is 0.545. The van der Waals surface area contributed by atoms with Crippen molar-refractivity contribution in [3.63, 3.8) is 0 Å². The smallest absolute Gasteiger partial charge is 0.192 e. The van der Waals surface area contributed by atoms with Gasteiger partial charge in [-0.2, -0.15) is 0 Å². The largest absolute Gasteiger partial charge is 0.487 e. The number of aliphatic imine (C=N–C) groups is 1. The van der Waals surface area contributed by atoms with Crippen LogP contribution in [-0.2, 0) is 13.1 Å². The number of hydrogen-bond donors (Lipinski definition) is 2. The second kappa shape index (κ2) is 10.3. The molecule has 1 aliphatic rings. The van der Waals surface area contributed by atoms with Crippen LogP contribution in [0.15, 0.2) is 41.7 Å². The molecule has 0 saturated carbocycles. The lowest BCUT2D eigenvalue weighted by molar-refractivity contribution is 0.0694. The molecule has 6 nitrogen and oxygen atoms in total. The minimum absolute atomic E-state index is 0. The molecular formula is C22H34IN5O. The number of nitrogens with zero attached hydrogens (tertiary/aromatic N) is 3. The summed E-state index contributed by atoms with van der Waals surface area (Å²) < 4.78 is 8.33. The summed E-state index contributed by atoms with van der Waals surface area (Å²) in [4.78, 5) is 9.30. The average molecular weight is 511 g/mol. The van der Waals surface area contributed by atoms with Gasteiger partial charge in [0.15, 0.2) is 5.96 Å². The molecule has 2 aromatic rings. The Morgan fingerprint density at radius 2 is 2.10 bits per heavy atom. The van der Waals surface area contributed by atoms with Gasteiger partial charge >= 0.3 is 0 Å². The Morgan fingerprint density at radius 1 is 1.34 bits per heavy atom. The fourth-order valence-corrected chi connectivity index (χ4v) is 3.62. The maximum Gasteiger partial charge on any atom is 0.192 e. The lowest BCUT2D eigenvalue weighted by atomic mass is 9.90. The summed E-state index contributed by atoms with van der Waals surface area (Å²) >= 11 is 0. The molecule has 1 aromatic carbocycles. The number of guanidine groups is 1. The molecule has 2 N–H and O–H groups in total. The van der Waals surface area contributed by atoms with Gasteiger partial charge in [-0.25, -0.2) is 9.98 Å². The molecule has 2 heterocycles. The molecule has 0 amide bonds. The van der Waals surface area contributed by atoms with Gasteiger partial charge in [0.25, 0.3) is 0 Å². The molecule has 0 spiro atoms. The summed E-state index contributed by atoms with van der Waals surface area (Å²) in [5.74, 6) is 3.31. The number of benzene rings is 1. The minimum atomic E-state index is -0.225. The van der Waals surface area contributed by atoms with Gasteiger partial charge in [0, 0.05) is 37.5 Å². The molecule has 3 rings (SSSR count). The van der Waals surface area contributed by atoms with Crippen molar-refractivity contribution in [3.8, 4) is 5.75 Å². The highest BCUT2D eigenvalue weighted by Crippen LogP contribution is 2.39. The van der Waals surface area contributed by atoms with Crippen molar-refractivity contribution < 1.29 is 4.74 Å². The third kappa shape index (κ3) is 6.35. The Balaban J connectivity index is 0.00000300. The molecular weight excluding hydrogens is 477 g/mol. The van der Waals surface area contributed by atoms with Gasteiger partial charge in [-0.15, -0.1) is 24.0 Å². The Morgan fingerprint density at radius 3 is 2.83 bits per heavy atom. The molecule has 7 heteroatoms. The lowest BCUT2D eigenvalue weighted by Gasteiger charge is -2.38. The van der Waals surface area contributed by atoms with Crippen LogP contribution in [0.2, 0.25) is 0 Å². The number of aromatic nitrogens is 2. The Hall–Kier alpha value is -1.77. The van der Waals surface area contributed by atoms with E-state index < -0.39 is 0 Å². The molecule has 1 aliphatic heterocycles. The minimum Gasteiger partial charge on any atom is -0.487 e. The molecule has 0 fully saturated rings. The van der Waals surface area contributed by atoms with Gasteiger partial charge in [-0.1, -0.05) is 32.0 Å². The SMILES string of the molecule is CCNC(=NCc1nccn1CC(C)C)NC1CC(C)(C)Oc2ccccc21.I. The zero-order chi connectivity index (χ0) is 20.1. The van der Waals surface area contributed by atoms with Crippen LogP contribution in [-0.4, -0.2) is 27.7 Å². The Kier molecular flexibility index (Phi) is 8.36. The van der Waals surface area contributed by atoms with Crippen molar-refractivity contribution in [2.24, 2.45) is 10.9 Å². The average Bonchev–Trinajstić information content (AvgIpc) is 3.05. The number of halogens is 1. The van der Waals surface area contributed by atoms with Gasteiger partial charge in [0.1, 0.15) is 23.7 Å². The van der Waals surface area contributed by atoms with Crippen molar-refractivity contribution in [3.05, 3.63) is 48.0 Å². The molecule has 1 atom stereocenters. The van der Waals surface area contributed by atoms with E-state index >= 15 is 0 Å². The first-order valence-corrected chi connectivity index (χ1v) is 10.2. The lowest BCUT2D eigenvalue weighted by Crippen LogP contribution is -2.45. The fourth-order valence-electron chi connectivity index (χ4n) is 3.62. The maximum absolute atomic E-state index is 6.15. The van der Waals surface area contributed by atoms with E-state index in [9.17, 15) is 0 Å². The number of nitrogens with one attached hydrogen (secondary N) is 2. The van der Waals surface area contributed by atoms with Crippen molar-refractivity contribution in [2.45, 2.75) is 65.8 Å². The third-order valence-corrected chi connectivity index (χ3v) is 4.77. The van der Waals surface area contributed by atoms with Crippen LogP contribution in [0, 0.1) is 5.92 Å².